The second-order valence-corrected chi connectivity index (χ2v) is 6.12. The summed E-state index contributed by atoms with van der Waals surface area (Å²) in [5.74, 6) is 0.261. The number of nitrogens with zero attached hydrogens (tertiary/aromatic N) is 1. The molecule has 4 heteroatoms. The zero-order valence-electron chi connectivity index (χ0n) is 11.3. The summed E-state index contributed by atoms with van der Waals surface area (Å²) in [6.07, 6.45) is 3.02. The Morgan fingerprint density at radius 1 is 1.47 bits per heavy atom. The summed E-state index contributed by atoms with van der Waals surface area (Å²) in [5, 5.41) is 0. The van der Waals surface area contributed by atoms with Gasteiger partial charge in [0.25, 0.3) is 0 Å². The first-order valence-corrected chi connectivity index (χ1v) is 7.66. The highest BCUT2D eigenvalue weighted by atomic mass is 79.9. The third kappa shape index (κ3) is 3.80. The molecule has 1 saturated carbocycles. The third-order valence-corrected chi connectivity index (χ3v) is 4.36. The molecule has 0 radical (unpaired) electrons. The largest absolute Gasteiger partial charge is 0.335 e. The van der Waals surface area contributed by atoms with Crippen LogP contribution in [-0.4, -0.2) is 23.4 Å². The van der Waals surface area contributed by atoms with Crippen LogP contribution in [0.1, 0.15) is 31.7 Å². The molecule has 1 unspecified atom stereocenters. The van der Waals surface area contributed by atoms with E-state index in [1.165, 1.54) is 5.56 Å². The molecule has 104 valence electrons. The van der Waals surface area contributed by atoms with Crippen LogP contribution in [0.5, 0.6) is 0 Å². The minimum absolute atomic E-state index is 0.0214. The van der Waals surface area contributed by atoms with Crippen LogP contribution in [0, 0.1) is 5.92 Å². The fourth-order valence-electron chi connectivity index (χ4n) is 2.24. The highest BCUT2D eigenvalue weighted by Crippen LogP contribution is 2.31. The summed E-state index contributed by atoms with van der Waals surface area (Å²) < 4.78 is 1.07. The number of hydrogen-bond acceptors (Lipinski definition) is 2. The Labute approximate surface area is 123 Å². The Balaban J connectivity index is 2.08. The number of halogens is 1. The van der Waals surface area contributed by atoms with Crippen molar-refractivity contribution in [2.75, 3.05) is 6.54 Å². The van der Waals surface area contributed by atoms with Crippen LogP contribution in [0.4, 0.5) is 0 Å². The molecule has 1 fully saturated rings. The van der Waals surface area contributed by atoms with Crippen molar-refractivity contribution in [2.45, 2.75) is 38.8 Å². The normalized spacial score (nSPS) is 16.2. The molecule has 0 aliphatic heterocycles. The van der Waals surface area contributed by atoms with E-state index in [4.69, 9.17) is 5.73 Å². The first kappa shape index (κ1) is 14.5. The van der Waals surface area contributed by atoms with Crippen LogP contribution in [0.3, 0.4) is 0 Å². The quantitative estimate of drug-likeness (QED) is 0.874. The first-order chi connectivity index (χ1) is 9.13. The summed E-state index contributed by atoms with van der Waals surface area (Å²) in [6.45, 7) is 3.24. The van der Waals surface area contributed by atoms with Crippen LogP contribution in [0.2, 0.25) is 0 Å². The van der Waals surface area contributed by atoms with Gasteiger partial charge in [0.15, 0.2) is 0 Å². The smallest absolute Gasteiger partial charge is 0.226 e. The Morgan fingerprint density at radius 2 is 2.16 bits per heavy atom. The van der Waals surface area contributed by atoms with Crippen LogP contribution < -0.4 is 5.73 Å². The molecular formula is C15H21BrN2O. The van der Waals surface area contributed by atoms with Gasteiger partial charge in [0.05, 0.1) is 0 Å². The highest BCUT2D eigenvalue weighted by molar-refractivity contribution is 9.10. The van der Waals surface area contributed by atoms with Crippen molar-refractivity contribution in [1.82, 2.24) is 4.90 Å². The van der Waals surface area contributed by atoms with E-state index in [0.29, 0.717) is 19.1 Å². The lowest BCUT2D eigenvalue weighted by molar-refractivity contribution is -0.136. The number of hydrogen-bond donors (Lipinski definition) is 1. The number of amides is 1. The van der Waals surface area contributed by atoms with Gasteiger partial charge in [0.2, 0.25) is 5.91 Å². The zero-order valence-corrected chi connectivity index (χ0v) is 12.9. The predicted octanol–water partition coefficient (Wildman–Crippen LogP) is 2.93. The number of rotatable bonds is 6. The van der Waals surface area contributed by atoms with Crippen molar-refractivity contribution in [3.63, 3.8) is 0 Å². The van der Waals surface area contributed by atoms with Gasteiger partial charge in [-0.25, -0.2) is 0 Å². The Hall–Kier alpha value is -0.870. The molecule has 0 bridgehead atoms. The van der Waals surface area contributed by atoms with Gasteiger partial charge in [-0.2, -0.15) is 0 Å². The number of benzene rings is 1. The maximum Gasteiger partial charge on any atom is 0.226 e. The molecule has 19 heavy (non-hydrogen) atoms. The summed E-state index contributed by atoms with van der Waals surface area (Å²) in [4.78, 5) is 14.5. The molecular weight excluding hydrogens is 304 g/mol. The summed E-state index contributed by atoms with van der Waals surface area (Å²) in [7, 11) is 0. The van der Waals surface area contributed by atoms with Crippen molar-refractivity contribution in [1.29, 1.82) is 0 Å². The Morgan fingerprint density at radius 3 is 2.74 bits per heavy atom. The first-order valence-electron chi connectivity index (χ1n) is 6.87. The predicted molar refractivity (Wildman–Crippen MR) is 80.5 cm³/mol. The van der Waals surface area contributed by atoms with Gasteiger partial charge in [-0.3, -0.25) is 4.79 Å². The topological polar surface area (TPSA) is 46.3 Å². The fraction of sp³-hybridized carbons (Fsp3) is 0.533. The van der Waals surface area contributed by atoms with Gasteiger partial charge in [-0.15, -0.1) is 0 Å². The maximum atomic E-state index is 12.5. The van der Waals surface area contributed by atoms with E-state index in [-0.39, 0.29) is 11.8 Å². The van der Waals surface area contributed by atoms with E-state index in [2.05, 4.69) is 22.0 Å². The summed E-state index contributed by atoms with van der Waals surface area (Å²) in [5.41, 5.74) is 6.73. The Kier molecular flexibility index (Phi) is 4.99. The van der Waals surface area contributed by atoms with E-state index in [1.54, 1.807) is 0 Å². The second-order valence-electron chi connectivity index (χ2n) is 5.27. The molecule has 2 N–H and O–H groups in total. The number of carbonyl (C=O) groups excluding carboxylic acids is 1. The van der Waals surface area contributed by atoms with Gasteiger partial charge in [-0.1, -0.05) is 41.1 Å². The molecule has 0 saturated heterocycles. The summed E-state index contributed by atoms with van der Waals surface area (Å²) >= 11 is 3.55. The number of carbonyl (C=O) groups is 1. The van der Waals surface area contributed by atoms with Crippen LogP contribution in [-0.2, 0) is 11.3 Å². The van der Waals surface area contributed by atoms with E-state index >= 15 is 0 Å². The van der Waals surface area contributed by atoms with Crippen molar-refractivity contribution in [2.24, 2.45) is 11.7 Å². The molecule has 1 atom stereocenters. The molecule has 3 nitrogen and oxygen atoms in total. The minimum Gasteiger partial charge on any atom is -0.335 e. The SMILES string of the molecule is CC(CCN)C(=O)N(Cc1ccccc1Br)C1CC1. The summed E-state index contributed by atoms with van der Waals surface area (Å²) in [6, 6.07) is 8.53. The van der Waals surface area contributed by atoms with Crippen LogP contribution in [0.25, 0.3) is 0 Å². The lowest BCUT2D eigenvalue weighted by Crippen LogP contribution is -2.37. The molecule has 1 amide bonds. The van der Waals surface area contributed by atoms with Crippen molar-refractivity contribution in [3.8, 4) is 0 Å². The highest BCUT2D eigenvalue weighted by Gasteiger charge is 2.34. The molecule has 0 heterocycles. The van der Waals surface area contributed by atoms with E-state index in [1.807, 2.05) is 30.0 Å². The van der Waals surface area contributed by atoms with Crippen molar-refractivity contribution in [3.05, 3.63) is 34.3 Å². The van der Waals surface area contributed by atoms with Gasteiger partial charge < -0.3 is 10.6 Å². The molecule has 2 rings (SSSR count). The molecule has 1 aliphatic carbocycles. The molecule has 1 aliphatic rings. The monoisotopic (exact) mass is 324 g/mol. The number of nitrogens with two attached hydrogens (primary N) is 1. The fourth-order valence-corrected chi connectivity index (χ4v) is 2.65. The molecule has 0 spiro atoms. The van der Waals surface area contributed by atoms with E-state index < -0.39 is 0 Å². The zero-order chi connectivity index (χ0) is 13.8. The molecule has 0 aromatic heterocycles. The average Bonchev–Trinajstić information content (AvgIpc) is 3.21. The molecule has 1 aromatic rings. The third-order valence-electron chi connectivity index (χ3n) is 3.59. The van der Waals surface area contributed by atoms with E-state index in [9.17, 15) is 4.79 Å². The van der Waals surface area contributed by atoms with Crippen LogP contribution >= 0.6 is 15.9 Å². The van der Waals surface area contributed by atoms with Crippen LogP contribution in [0.15, 0.2) is 28.7 Å². The van der Waals surface area contributed by atoms with Gasteiger partial charge >= 0.3 is 0 Å². The lowest BCUT2D eigenvalue weighted by Gasteiger charge is -2.26. The maximum absolute atomic E-state index is 12.5. The standard InChI is InChI=1S/C15H21BrN2O/c1-11(8-9-17)15(19)18(13-6-7-13)10-12-4-2-3-5-14(12)16/h2-5,11,13H,6-10,17H2,1H3. The van der Waals surface area contributed by atoms with Gasteiger partial charge in [-0.05, 0) is 37.4 Å². The van der Waals surface area contributed by atoms with Crippen molar-refractivity contribution >= 4 is 21.8 Å². The van der Waals surface area contributed by atoms with E-state index in [0.717, 1.165) is 23.7 Å². The Bertz CT molecular complexity index is 446. The van der Waals surface area contributed by atoms with Gasteiger partial charge in [0.1, 0.15) is 0 Å². The molecule has 1 aromatic carbocycles. The minimum atomic E-state index is 0.0214. The average molecular weight is 325 g/mol. The second kappa shape index (κ2) is 6.53. The van der Waals surface area contributed by atoms with Crippen molar-refractivity contribution < 1.29 is 4.79 Å². The van der Waals surface area contributed by atoms with Gasteiger partial charge in [0, 0.05) is 23.0 Å². The lowest BCUT2D eigenvalue weighted by atomic mass is 10.1.